The molecule has 80 valence electrons. The number of guanidine groups is 1. The Morgan fingerprint density at radius 2 is 2.00 bits per heavy atom. The Hall–Kier alpha value is -1.24. The molecule has 0 fully saturated rings. The Morgan fingerprint density at radius 3 is 2.43 bits per heavy atom. The van der Waals surface area contributed by atoms with Crippen LogP contribution in [0.2, 0.25) is 0 Å². The summed E-state index contributed by atoms with van der Waals surface area (Å²) in [5, 5.41) is 11.2. The number of nitriles is 1. The fourth-order valence-electron chi connectivity index (χ4n) is 1.13. The fourth-order valence-corrected chi connectivity index (χ4v) is 1.13. The standard InChI is InChI=1S/C10H20N4/c1-4-7-8-12-10(13-9-11)14(5-2)6-3/h4-8H2,1-3H3,(H,12,13). The summed E-state index contributed by atoms with van der Waals surface area (Å²) in [5.41, 5.74) is 0. The van der Waals surface area contributed by atoms with Gasteiger partial charge in [0, 0.05) is 19.6 Å². The van der Waals surface area contributed by atoms with E-state index in [0.29, 0.717) is 5.96 Å². The lowest BCUT2D eigenvalue weighted by atomic mass is 10.3. The second kappa shape index (κ2) is 8.36. The molecule has 0 aliphatic carbocycles. The minimum absolute atomic E-state index is 0.700. The Kier molecular flexibility index (Phi) is 7.62. The van der Waals surface area contributed by atoms with E-state index in [-0.39, 0.29) is 0 Å². The molecule has 0 aromatic heterocycles. The van der Waals surface area contributed by atoms with Crippen molar-refractivity contribution < 1.29 is 0 Å². The second-order valence-electron chi connectivity index (χ2n) is 2.97. The van der Waals surface area contributed by atoms with Gasteiger partial charge in [0.2, 0.25) is 5.96 Å². The molecule has 1 N–H and O–H groups in total. The van der Waals surface area contributed by atoms with Crippen LogP contribution in [0.25, 0.3) is 0 Å². The molecule has 0 heterocycles. The van der Waals surface area contributed by atoms with Crippen LogP contribution >= 0.6 is 0 Å². The third kappa shape index (κ3) is 4.70. The predicted molar refractivity (Wildman–Crippen MR) is 58.9 cm³/mol. The summed E-state index contributed by atoms with van der Waals surface area (Å²) < 4.78 is 0. The van der Waals surface area contributed by atoms with Gasteiger partial charge in [-0.2, -0.15) is 5.26 Å². The molecule has 0 aromatic rings. The zero-order chi connectivity index (χ0) is 10.8. The summed E-state index contributed by atoms with van der Waals surface area (Å²) in [6.45, 7) is 8.77. The molecule has 0 aromatic carbocycles. The number of hydrogen-bond acceptors (Lipinski definition) is 2. The molecule has 4 heteroatoms. The van der Waals surface area contributed by atoms with Crippen molar-refractivity contribution in [3.05, 3.63) is 0 Å². The first-order chi connectivity index (χ1) is 6.79. The van der Waals surface area contributed by atoms with Gasteiger partial charge in [-0.15, -0.1) is 0 Å². The van der Waals surface area contributed by atoms with Gasteiger partial charge in [0.25, 0.3) is 0 Å². The first kappa shape index (κ1) is 12.8. The number of aliphatic imine (C=N–C) groups is 1. The van der Waals surface area contributed by atoms with Crippen molar-refractivity contribution in [1.29, 1.82) is 5.26 Å². The number of unbranched alkanes of at least 4 members (excludes halogenated alkanes) is 1. The summed E-state index contributed by atoms with van der Waals surface area (Å²) in [5.74, 6) is 0.700. The predicted octanol–water partition coefficient (Wildman–Crippen LogP) is 1.55. The van der Waals surface area contributed by atoms with Crippen molar-refractivity contribution in [1.82, 2.24) is 10.2 Å². The van der Waals surface area contributed by atoms with Crippen LogP contribution in [0.5, 0.6) is 0 Å². The SMILES string of the molecule is CCCCN=C(NC#N)N(CC)CC. The molecule has 0 radical (unpaired) electrons. The van der Waals surface area contributed by atoms with E-state index in [4.69, 9.17) is 5.26 Å². The van der Waals surface area contributed by atoms with E-state index in [1.807, 2.05) is 11.1 Å². The zero-order valence-corrected chi connectivity index (χ0v) is 9.38. The van der Waals surface area contributed by atoms with E-state index in [0.717, 1.165) is 32.5 Å². The van der Waals surface area contributed by atoms with E-state index < -0.39 is 0 Å². The highest BCUT2D eigenvalue weighted by atomic mass is 15.3. The van der Waals surface area contributed by atoms with Crippen LogP contribution in [0.3, 0.4) is 0 Å². The van der Waals surface area contributed by atoms with Gasteiger partial charge in [-0.3, -0.25) is 10.3 Å². The molecule has 4 nitrogen and oxygen atoms in total. The smallest absolute Gasteiger partial charge is 0.207 e. The molecule has 14 heavy (non-hydrogen) atoms. The van der Waals surface area contributed by atoms with E-state index >= 15 is 0 Å². The van der Waals surface area contributed by atoms with E-state index in [2.05, 4.69) is 31.1 Å². The van der Waals surface area contributed by atoms with Crippen LogP contribution in [-0.2, 0) is 0 Å². The molecular weight excluding hydrogens is 176 g/mol. The molecule has 0 unspecified atom stereocenters. The maximum Gasteiger partial charge on any atom is 0.207 e. The van der Waals surface area contributed by atoms with Gasteiger partial charge < -0.3 is 4.90 Å². The first-order valence-electron chi connectivity index (χ1n) is 5.24. The largest absolute Gasteiger partial charge is 0.343 e. The summed E-state index contributed by atoms with van der Waals surface area (Å²) >= 11 is 0. The van der Waals surface area contributed by atoms with E-state index in [9.17, 15) is 0 Å². The fraction of sp³-hybridized carbons (Fsp3) is 0.800. The quantitative estimate of drug-likeness (QED) is 0.239. The number of nitrogens with zero attached hydrogens (tertiary/aromatic N) is 3. The van der Waals surface area contributed by atoms with Crippen LogP contribution < -0.4 is 5.32 Å². The zero-order valence-electron chi connectivity index (χ0n) is 9.38. The minimum atomic E-state index is 0.700. The number of hydrogen-bond donors (Lipinski definition) is 1. The van der Waals surface area contributed by atoms with Crippen LogP contribution in [0, 0.1) is 11.5 Å². The maximum absolute atomic E-state index is 8.56. The molecule has 0 amide bonds. The molecule has 0 aliphatic heterocycles. The Labute approximate surface area is 86.6 Å². The molecule has 0 rings (SSSR count). The molecule has 0 aliphatic rings. The lowest BCUT2D eigenvalue weighted by molar-refractivity contribution is 0.451. The highest BCUT2D eigenvalue weighted by Gasteiger charge is 2.05. The van der Waals surface area contributed by atoms with Gasteiger partial charge in [0.05, 0.1) is 0 Å². The van der Waals surface area contributed by atoms with Gasteiger partial charge in [-0.25, -0.2) is 0 Å². The monoisotopic (exact) mass is 196 g/mol. The molecule has 0 saturated heterocycles. The van der Waals surface area contributed by atoms with E-state index in [1.54, 1.807) is 0 Å². The topological polar surface area (TPSA) is 51.4 Å². The Morgan fingerprint density at radius 1 is 1.36 bits per heavy atom. The molecular formula is C10H20N4. The van der Waals surface area contributed by atoms with Crippen molar-refractivity contribution in [2.24, 2.45) is 4.99 Å². The summed E-state index contributed by atoms with van der Waals surface area (Å²) in [6.07, 6.45) is 4.12. The van der Waals surface area contributed by atoms with Gasteiger partial charge in [-0.1, -0.05) is 13.3 Å². The van der Waals surface area contributed by atoms with Crippen molar-refractivity contribution in [2.45, 2.75) is 33.6 Å². The average Bonchev–Trinajstić information content (AvgIpc) is 2.20. The highest BCUT2D eigenvalue weighted by molar-refractivity contribution is 5.81. The van der Waals surface area contributed by atoms with E-state index in [1.165, 1.54) is 0 Å². The van der Waals surface area contributed by atoms with Crippen molar-refractivity contribution in [3.63, 3.8) is 0 Å². The third-order valence-electron chi connectivity index (χ3n) is 2.00. The second-order valence-corrected chi connectivity index (χ2v) is 2.97. The average molecular weight is 196 g/mol. The highest BCUT2D eigenvalue weighted by Crippen LogP contribution is 1.92. The van der Waals surface area contributed by atoms with Gasteiger partial charge in [0.1, 0.15) is 0 Å². The summed E-state index contributed by atoms with van der Waals surface area (Å²) in [7, 11) is 0. The number of nitrogens with one attached hydrogen (secondary N) is 1. The van der Waals surface area contributed by atoms with Crippen LogP contribution in [0.15, 0.2) is 4.99 Å². The van der Waals surface area contributed by atoms with Crippen LogP contribution in [-0.4, -0.2) is 30.5 Å². The lowest BCUT2D eigenvalue weighted by Crippen LogP contribution is -2.39. The van der Waals surface area contributed by atoms with Crippen LogP contribution in [0.1, 0.15) is 33.6 Å². The summed E-state index contributed by atoms with van der Waals surface area (Å²) in [4.78, 5) is 6.39. The Balaban J connectivity index is 4.25. The minimum Gasteiger partial charge on any atom is -0.343 e. The van der Waals surface area contributed by atoms with Crippen molar-refractivity contribution in [3.8, 4) is 6.19 Å². The van der Waals surface area contributed by atoms with Gasteiger partial charge >= 0.3 is 0 Å². The maximum atomic E-state index is 8.56. The lowest BCUT2D eigenvalue weighted by Gasteiger charge is -2.21. The third-order valence-corrected chi connectivity index (χ3v) is 2.00. The molecule has 0 saturated carbocycles. The van der Waals surface area contributed by atoms with Crippen molar-refractivity contribution >= 4 is 5.96 Å². The Bertz CT molecular complexity index is 201. The van der Waals surface area contributed by atoms with Crippen molar-refractivity contribution in [2.75, 3.05) is 19.6 Å². The summed E-state index contributed by atoms with van der Waals surface area (Å²) in [6, 6.07) is 0. The van der Waals surface area contributed by atoms with Crippen LogP contribution in [0.4, 0.5) is 0 Å². The molecule has 0 bridgehead atoms. The first-order valence-corrected chi connectivity index (χ1v) is 5.24. The normalized spacial score (nSPS) is 10.9. The van der Waals surface area contributed by atoms with Gasteiger partial charge in [0.15, 0.2) is 6.19 Å². The molecule has 0 atom stereocenters. The number of rotatable bonds is 5. The van der Waals surface area contributed by atoms with Gasteiger partial charge in [-0.05, 0) is 20.3 Å². The molecule has 0 spiro atoms.